The highest BCUT2D eigenvalue weighted by molar-refractivity contribution is 7.16. The van der Waals surface area contributed by atoms with Crippen LogP contribution in [0, 0.1) is 5.92 Å². The zero-order chi connectivity index (χ0) is 16.8. The number of hydrogen-bond donors (Lipinski definition) is 1. The van der Waals surface area contributed by atoms with E-state index < -0.39 is 5.76 Å². The van der Waals surface area contributed by atoms with Gasteiger partial charge in [0.25, 0.3) is 0 Å². The van der Waals surface area contributed by atoms with Crippen molar-refractivity contribution < 1.29 is 9.21 Å². The topological polar surface area (TPSA) is 93.3 Å². The molecule has 0 radical (unpaired) electrons. The van der Waals surface area contributed by atoms with Crippen LogP contribution in [0.1, 0.15) is 29.3 Å². The Morgan fingerprint density at radius 3 is 3.00 bits per heavy atom. The van der Waals surface area contributed by atoms with Gasteiger partial charge in [-0.3, -0.25) is 9.78 Å². The molecule has 0 fully saturated rings. The molecule has 0 unspecified atom stereocenters. The SMILES string of the molecule is CC(C)Cc1nn2c(C=O)c(-c3ccc4[nH]c(=O)oc4c3)nc2s1. The summed E-state index contributed by atoms with van der Waals surface area (Å²) in [6.07, 6.45) is 1.60. The summed E-state index contributed by atoms with van der Waals surface area (Å²) < 4.78 is 6.66. The van der Waals surface area contributed by atoms with Crippen molar-refractivity contribution in [2.45, 2.75) is 20.3 Å². The van der Waals surface area contributed by atoms with Crippen molar-refractivity contribution in [3.63, 3.8) is 0 Å². The van der Waals surface area contributed by atoms with Gasteiger partial charge >= 0.3 is 5.76 Å². The molecule has 24 heavy (non-hydrogen) atoms. The van der Waals surface area contributed by atoms with Crippen molar-refractivity contribution >= 4 is 33.7 Å². The predicted molar refractivity (Wildman–Crippen MR) is 90.6 cm³/mol. The fourth-order valence-corrected chi connectivity index (χ4v) is 3.76. The first-order valence-corrected chi connectivity index (χ1v) is 8.33. The zero-order valence-corrected chi connectivity index (χ0v) is 13.9. The molecule has 1 N–H and O–H groups in total. The number of aromatic nitrogens is 4. The Bertz CT molecular complexity index is 1120. The Morgan fingerprint density at radius 2 is 2.25 bits per heavy atom. The summed E-state index contributed by atoms with van der Waals surface area (Å²) in [5, 5.41) is 5.45. The van der Waals surface area contributed by atoms with Crippen LogP contribution in [0.3, 0.4) is 0 Å². The van der Waals surface area contributed by atoms with E-state index in [0.717, 1.165) is 17.7 Å². The maximum Gasteiger partial charge on any atom is 0.417 e. The third-order valence-electron chi connectivity index (χ3n) is 3.67. The number of nitrogens with one attached hydrogen (secondary N) is 1. The minimum atomic E-state index is -0.511. The van der Waals surface area contributed by atoms with E-state index in [0.29, 0.717) is 38.9 Å². The number of oxazole rings is 1. The van der Waals surface area contributed by atoms with Gasteiger partial charge in [0.15, 0.2) is 11.9 Å². The number of benzene rings is 1. The molecule has 1 aromatic carbocycles. The van der Waals surface area contributed by atoms with Crippen molar-refractivity contribution in [1.82, 2.24) is 19.6 Å². The third kappa shape index (κ3) is 2.35. The Hall–Kier alpha value is -2.74. The quantitative estimate of drug-likeness (QED) is 0.576. The number of aromatic amines is 1. The average Bonchev–Trinajstić information content (AvgIpc) is 3.16. The Labute approximate surface area is 139 Å². The molecule has 8 heteroatoms. The molecule has 3 heterocycles. The molecule has 0 aliphatic rings. The predicted octanol–water partition coefficient (Wildman–Crippen LogP) is 2.90. The molecule has 4 rings (SSSR count). The standard InChI is InChI=1S/C16H14N4O3S/c1-8(2)5-13-19-20-11(7-21)14(18-15(20)24-13)9-3-4-10-12(6-9)23-16(22)17-10/h3-4,6-8H,5H2,1-2H3,(H,17,22). The van der Waals surface area contributed by atoms with Gasteiger partial charge in [0.1, 0.15) is 16.4 Å². The highest BCUT2D eigenvalue weighted by atomic mass is 32.1. The van der Waals surface area contributed by atoms with Crippen molar-refractivity contribution in [3.05, 3.63) is 39.5 Å². The van der Waals surface area contributed by atoms with E-state index in [1.165, 1.54) is 11.3 Å². The molecule has 122 valence electrons. The van der Waals surface area contributed by atoms with E-state index in [2.05, 4.69) is 28.9 Å². The van der Waals surface area contributed by atoms with Gasteiger partial charge in [0.05, 0.1) is 5.52 Å². The summed E-state index contributed by atoms with van der Waals surface area (Å²) in [6, 6.07) is 5.22. The fourth-order valence-electron chi connectivity index (χ4n) is 2.65. The van der Waals surface area contributed by atoms with Gasteiger partial charge in [0, 0.05) is 12.0 Å². The number of nitrogens with zero attached hydrogens (tertiary/aromatic N) is 3. The lowest BCUT2D eigenvalue weighted by atomic mass is 10.1. The Balaban J connectivity index is 1.86. The number of rotatable bonds is 4. The van der Waals surface area contributed by atoms with E-state index in [1.807, 2.05) is 0 Å². The van der Waals surface area contributed by atoms with Crippen LogP contribution < -0.4 is 5.76 Å². The van der Waals surface area contributed by atoms with Crippen molar-refractivity contribution in [1.29, 1.82) is 0 Å². The molecule has 0 saturated heterocycles. The summed E-state index contributed by atoms with van der Waals surface area (Å²) >= 11 is 1.48. The summed E-state index contributed by atoms with van der Waals surface area (Å²) in [6.45, 7) is 4.24. The first kappa shape index (κ1) is 14.8. The molecule has 0 saturated carbocycles. The number of imidazole rings is 1. The van der Waals surface area contributed by atoms with Gasteiger partial charge in [-0.2, -0.15) is 9.61 Å². The van der Waals surface area contributed by atoms with Crippen LogP contribution in [0.5, 0.6) is 0 Å². The van der Waals surface area contributed by atoms with Crippen LogP contribution in [0.4, 0.5) is 0 Å². The summed E-state index contributed by atoms with van der Waals surface area (Å²) in [5.41, 5.74) is 2.67. The molecular weight excluding hydrogens is 328 g/mol. The molecular formula is C16H14N4O3S. The van der Waals surface area contributed by atoms with Crippen LogP contribution in [0.2, 0.25) is 0 Å². The van der Waals surface area contributed by atoms with E-state index in [9.17, 15) is 9.59 Å². The summed E-state index contributed by atoms with van der Waals surface area (Å²) in [7, 11) is 0. The van der Waals surface area contributed by atoms with E-state index in [4.69, 9.17) is 4.42 Å². The smallest absolute Gasteiger partial charge is 0.408 e. The maximum absolute atomic E-state index is 11.6. The van der Waals surface area contributed by atoms with Gasteiger partial charge in [-0.25, -0.2) is 9.78 Å². The first-order valence-electron chi connectivity index (χ1n) is 7.52. The molecule has 0 aliphatic carbocycles. The monoisotopic (exact) mass is 342 g/mol. The molecule has 0 aliphatic heterocycles. The second-order valence-corrected chi connectivity index (χ2v) is 7.02. The van der Waals surface area contributed by atoms with Crippen LogP contribution in [0.25, 0.3) is 27.3 Å². The molecule has 0 bridgehead atoms. The lowest BCUT2D eigenvalue weighted by Gasteiger charge is -1.99. The molecule has 0 amide bonds. The molecule has 7 nitrogen and oxygen atoms in total. The molecule has 4 aromatic rings. The van der Waals surface area contributed by atoms with Gasteiger partial charge in [0.2, 0.25) is 4.96 Å². The lowest BCUT2D eigenvalue weighted by molar-refractivity contribution is 0.111. The Kier molecular flexibility index (Phi) is 3.34. The maximum atomic E-state index is 11.6. The van der Waals surface area contributed by atoms with Gasteiger partial charge < -0.3 is 4.42 Å². The number of carbonyl (C=O) groups excluding carboxylic acids is 1. The largest absolute Gasteiger partial charge is 0.417 e. The zero-order valence-electron chi connectivity index (χ0n) is 13.1. The highest BCUT2D eigenvalue weighted by Crippen LogP contribution is 2.28. The third-order valence-corrected chi connectivity index (χ3v) is 4.60. The van der Waals surface area contributed by atoms with Gasteiger partial charge in [-0.05, 0) is 18.1 Å². The Morgan fingerprint density at radius 1 is 1.42 bits per heavy atom. The molecule has 0 spiro atoms. The van der Waals surface area contributed by atoms with Crippen LogP contribution in [-0.4, -0.2) is 25.9 Å². The van der Waals surface area contributed by atoms with E-state index in [-0.39, 0.29) is 0 Å². The molecule has 3 aromatic heterocycles. The fraction of sp³-hybridized carbons (Fsp3) is 0.250. The van der Waals surface area contributed by atoms with Crippen LogP contribution >= 0.6 is 11.3 Å². The van der Waals surface area contributed by atoms with Crippen molar-refractivity contribution in [2.24, 2.45) is 5.92 Å². The van der Waals surface area contributed by atoms with Crippen molar-refractivity contribution in [3.8, 4) is 11.3 Å². The number of aldehydes is 1. The number of carbonyl (C=O) groups is 1. The number of hydrogen-bond acceptors (Lipinski definition) is 6. The minimum Gasteiger partial charge on any atom is -0.408 e. The highest BCUT2D eigenvalue weighted by Gasteiger charge is 2.18. The van der Waals surface area contributed by atoms with Crippen LogP contribution in [0.15, 0.2) is 27.4 Å². The first-order chi connectivity index (χ1) is 11.5. The minimum absolute atomic E-state index is 0.397. The average molecular weight is 342 g/mol. The summed E-state index contributed by atoms with van der Waals surface area (Å²) in [4.78, 5) is 30.7. The lowest BCUT2D eigenvalue weighted by Crippen LogP contribution is -1.98. The van der Waals surface area contributed by atoms with Crippen LogP contribution in [-0.2, 0) is 6.42 Å². The second kappa shape index (κ2) is 5.41. The van der Waals surface area contributed by atoms with Crippen molar-refractivity contribution in [2.75, 3.05) is 0 Å². The van der Waals surface area contributed by atoms with E-state index in [1.54, 1.807) is 22.7 Å². The second-order valence-electron chi connectivity index (χ2n) is 5.98. The summed E-state index contributed by atoms with van der Waals surface area (Å²) in [5.74, 6) is -0.0255. The number of fused-ring (bicyclic) bond motifs is 2. The number of H-pyrrole nitrogens is 1. The normalized spacial score (nSPS) is 11.8. The molecule has 0 atom stereocenters. The van der Waals surface area contributed by atoms with E-state index >= 15 is 0 Å². The van der Waals surface area contributed by atoms with Gasteiger partial charge in [-0.15, -0.1) is 0 Å². The van der Waals surface area contributed by atoms with Gasteiger partial charge in [-0.1, -0.05) is 31.3 Å².